The number of nitrogens with zero attached hydrogens (tertiary/aromatic N) is 7. The lowest BCUT2D eigenvalue weighted by atomic mass is 10.1. The van der Waals surface area contributed by atoms with Crippen LogP contribution in [0.3, 0.4) is 0 Å². The van der Waals surface area contributed by atoms with Crippen molar-refractivity contribution in [2.45, 2.75) is 25.0 Å². The van der Waals surface area contributed by atoms with Crippen LogP contribution in [0.15, 0.2) is 55.1 Å². The number of likely N-dealkylation sites (tertiary alicyclic amines) is 1. The van der Waals surface area contributed by atoms with Crippen molar-refractivity contribution in [2.75, 3.05) is 48.3 Å². The average Bonchev–Trinajstić information content (AvgIpc) is 3.43. The number of carbonyl (C=O) groups is 2. The number of anilines is 3. The topological polar surface area (TPSA) is 151 Å². The predicted octanol–water partition coefficient (Wildman–Crippen LogP) is 3.90. The number of carboxylic acid groups (broad SMARTS) is 1. The maximum atomic E-state index is 13.0. The van der Waals surface area contributed by atoms with Gasteiger partial charge in [0.15, 0.2) is 5.65 Å². The minimum absolute atomic E-state index is 0.0739. The number of halogens is 1. The van der Waals surface area contributed by atoms with E-state index in [-0.39, 0.29) is 12.1 Å². The second-order valence-electron chi connectivity index (χ2n) is 9.90. The summed E-state index contributed by atoms with van der Waals surface area (Å²) in [6, 6.07) is 9.60. The van der Waals surface area contributed by atoms with Crippen molar-refractivity contribution in [3.8, 4) is 0 Å². The molecule has 212 valence electrons. The number of benzene rings is 1. The Morgan fingerprint density at radius 3 is 2.44 bits per heavy atom. The van der Waals surface area contributed by atoms with Gasteiger partial charge in [-0.3, -0.25) is 0 Å². The second-order valence-corrected chi connectivity index (χ2v) is 9.90. The number of morpholine rings is 1. The highest BCUT2D eigenvalue weighted by molar-refractivity contribution is 5.99. The lowest BCUT2D eigenvalue weighted by Crippen LogP contribution is -2.39. The Kier molecular flexibility index (Phi) is 7.29. The zero-order valence-electron chi connectivity index (χ0n) is 22.0. The third-order valence-electron chi connectivity index (χ3n) is 7.34. The van der Waals surface area contributed by atoms with E-state index in [0.717, 1.165) is 22.4 Å². The molecule has 3 amide bonds. The molecule has 0 spiro atoms. The van der Waals surface area contributed by atoms with Gasteiger partial charge in [-0.15, -0.1) is 0 Å². The molecule has 1 unspecified atom stereocenters. The van der Waals surface area contributed by atoms with Crippen LogP contribution in [0.4, 0.5) is 31.2 Å². The van der Waals surface area contributed by atoms with Crippen LogP contribution in [-0.2, 0) is 4.74 Å². The monoisotopic (exact) mass is 561 g/mol. The molecule has 2 saturated heterocycles. The molecule has 0 aliphatic carbocycles. The molecule has 0 radical (unpaired) electrons. The van der Waals surface area contributed by atoms with Crippen molar-refractivity contribution < 1.29 is 23.8 Å². The van der Waals surface area contributed by atoms with Gasteiger partial charge in [0.05, 0.1) is 36.1 Å². The van der Waals surface area contributed by atoms with Crippen LogP contribution in [0.5, 0.6) is 0 Å². The Hall–Kier alpha value is -4.85. The average molecular weight is 562 g/mol. The molecule has 13 nitrogen and oxygen atoms in total. The number of hydrogen-bond acceptors (Lipinski definition) is 8. The zero-order valence-corrected chi connectivity index (χ0v) is 22.0. The summed E-state index contributed by atoms with van der Waals surface area (Å²) >= 11 is 0. The maximum Gasteiger partial charge on any atom is 0.407 e. The Morgan fingerprint density at radius 2 is 1.71 bits per heavy atom. The number of hydrogen-bond donors (Lipinski definition) is 3. The minimum Gasteiger partial charge on any atom is -0.465 e. The Labute approximate surface area is 234 Å². The number of amides is 3. The molecule has 3 aromatic heterocycles. The lowest BCUT2D eigenvalue weighted by molar-refractivity contribution is 0.0396. The standard InChI is InChI=1S/C27H28FN9O4/c28-23-6-5-19(13-29-23)34-26(38)33-18-3-1-17(2-4-18)22-15-36(11-12-41-22)24-21-14-32-37(25(21)31-16-30-24)20-7-9-35(10-8-20)27(39)40/h1-6,13-14,16,20,22H,7-12,15H2,(H,39,40)(H2,33,34,38). The van der Waals surface area contributed by atoms with Crippen LogP contribution >= 0.6 is 0 Å². The Morgan fingerprint density at radius 1 is 0.951 bits per heavy atom. The van der Waals surface area contributed by atoms with Crippen molar-refractivity contribution in [1.29, 1.82) is 0 Å². The Balaban J connectivity index is 1.11. The van der Waals surface area contributed by atoms with Crippen LogP contribution in [-0.4, -0.2) is 79.6 Å². The van der Waals surface area contributed by atoms with Crippen LogP contribution < -0.4 is 15.5 Å². The van der Waals surface area contributed by atoms with Gasteiger partial charge >= 0.3 is 12.1 Å². The number of urea groups is 1. The zero-order chi connectivity index (χ0) is 28.3. The largest absolute Gasteiger partial charge is 0.465 e. The molecule has 5 heterocycles. The summed E-state index contributed by atoms with van der Waals surface area (Å²) in [7, 11) is 0. The van der Waals surface area contributed by atoms with E-state index in [2.05, 4.69) is 35.6 Å². The molecule has 0 bridgehead atoms. The fourth-order valence-corrected chi connectivity index (χ4v) is 5.24. The van der Waals surface area contributed by atoms with E-state index in [9.17, 15) is 19.1 Å². The molecule has 14 heteroatoms. The molecule has 3 N–H and O–H groups in total. The van der Waals surface area contributed by atoms with Crippen LogP contribution in [0.2, 0.25) is 0 Å². The van der Waals surface area contributed by atoms with E-state index in [1.165, 1.54) is 23.2 Å². The third-order valence-corrected chi connectivity index (χ3v) is 7.34. The van der Waals surface area contributed by atoms with Gasteiger partial charge in [0.2, 0.25) is 5.95 Å². The number of nitrogens with one attached hydrogen (secondary N) is 2. The van der Waals surface area contributed by atoms with Gasteiger partial charge in [-0.25, -0.2) is 29.2 Å². The van der Waals surface area contributed by atoms with Crippen LogP contribution in [0, 0.1) is 5.95 Å². The summed E-state index contributed by atoms with van der Waals surface area (Å²) in [5.41, 5.74) is 2.66. The maximum absolute atomic E-state index is 13.0. The quantitative estimate of drug-likeness (QED) is 0.308. The summed E-state index contributed by atoms with van der Waals surface area (Å²) in [5, 5.41) is 20.1. The van der Waals surface area contributed by atoms with E-state index in [0.29, 0.717) is 57.0 Å². The lowest BCUT2D eigenvalue weighted by Gasteiger charge is -2.34. The van der Waals surface area contributed by atoms with Gasteiger partial charge in [0.25, 0.3) is 0 Å². The molecule has 4 aromatic rings. The van der Waals surface area contributed by atoms with Crippen molar-refractivity contribution in [1.82, 2.24) is 29.6 Å². The van der Waals surface area contributed by atoms with Gasteiger partial charge in [-0.2, -0.15) is 9.49 Å². The molecule has 41 heavy (non-hydrogen) atoms. The fourth-order valence-electron chi connectivity index (χ4n) is 5.24. The number of aromatic nitrogens is 5. The highest BCUT2D eigenvalue weighted by Gasteiger charge is 2.28. The molecule has 6 rings (SSSR count). The van der Waals surface area contributed by atoms with E-state index in [4.69, 9.17) is 4.74 Å². The number of ether oxygens (including phenoxy) is 1. The molecule has 2 fully saturated rings. The minimum atomic E-state index is -0.892. The summed E-state index contributed by atoms with van der Waals surface area (Å²) in [4.78, 5) is 39.8. The SMILES string of the molecule is O=C(Nc1ccc(C2CN(c3ncnc4c3cnn4C3CCN(C(=O)O)CC3)CCO2)cc1)Nc1ccc(F)nc1. The van der Waals surface area contributed by atoms with Crippen molar-refractivity contribution in [3.05, 3.63) is 66.6 Å². The first-order chi connectivity index (χ1) is 19.9. The van der Waals surface area contributed by atoms with Gasteiger partial charge in [-0.05, 0) is 42.7 Å². The van der Waals surface area contributed by atoms with E-state index >= 15 is 0 Å². The first kappa shape index (κ1) is 26.4. The summed E-state index contributed by atoms with van der Waals surface area (Å²) < 4.78 is 20.9. The van der Waals surface area contributed by atoms with E-state index < -0.39 is 18.1 Å². The van der Waals surface area contributed by atoms with Crippen LogP contribution in [0.25, 0.3) is 11.0 Å². The molecule has 1 aromatic carbocycles. The number of rotatable bonds is 5. The summed E-state index contributed by atoms with van der Waals surface area (Å²) in [6.07, 6.45) is 4.82. The Bertz CT molecular complexity index is 1540. The number of carbonyl (C=O) groups excluding carboxylic acids is 1. The second kappa shape index (κ2) is 11.3. The van der Waals surface area contributed by atoms with Gasteiger partial charge in [0, 0.05) is 31.9 Å². The number of piperidine rings is 1. The molecule has 2 aliphatic rings. The molecular formula is C27H28FN9O4. The third kappa shape index (κ3) is 5.72. The molecule has 1 atom stereocenters. The summed E-state index contributed by atoms with van der Waals surface area (Å²) in [6.45, 7) is 2.67. The predicted molar refractivity (Wildman–Crippen MR) is 147 cm³/mol. The fraction of sp³-hybridized carbons (Fsp3) is 0.333. The normalized spacial score (nSPS) is 17.9. The van der Waals surface area contributed by atoms with Gasteiger partial charge in [0.1, 0.15) is 18.2 Å². The van der Waals surface area contributed by atoms with Crippen LogP contribution in [0.1, 0.15) is 30.6 Å². The molecule has 0 saturated carbocycles. The number of fused-ring (bicyclic) bond motifs is 1. The molecular weight excluding hydrogens is 533 g/mol. The van der Waals surface area contributed by atoms with Gasteiger partial charge < -0.3 is 30.3 Å². The summed E-state index contributed by atoms with van der Waals surface area (Å²) in [5.74, 6) is 0.159. The molecule has 2 aliphatic heterocycles. The first-order valence-corrected chi connectivity index (χ1v) is 13.3. The van der Waals surface area contributed by atoms with Crippen molar-refractivity contribution in [3.63, 3.8) is 0 Å². The first-order valence-electron chi connectivity index (χ1n) is 13.3. The van der Waals surface area contributed by atoms with Gasteiger partial charge in [-0.1, -0.05) is 12.1 Å². The van der Waals surface area contributed by atoms with E-state index in [1.807, 2.05) is 16.8 Å². The highest BCUT2D eigenvalue weighted by atomic mass is 19.1. The van der Waals surface area contributed by atoms with E-state index in [1.54, 1.807) is 24.7 Å². The highest BCUT2D eigenvalue weighted by Crippen LogP contribution is 2.32. The smallest absolute Gasteiger partial charge is 0.407 e. The number of pyridine rings is 1. The van der Waals surface area contributed by atoms with Crippen molar-refractivity contribution >= 4 is 40.4 Å². The van der Waals surface area contributed by atoms with Crippen molar-refractivity contribution in [2.24, 2.45) is 0 Å².